The van der Waals surface area contributed by atoms with Gasteiger partial charge in [-0.2, -0.15) is 0 Å². The van der Waals surface area contributed by atoms with Crippen molar-refractivity contribution in [2.75, 3.05) is 18.6 Å². The maximum atomic E-state index is 11.2. The fraction of sp³-hybridized carbons (Fsp3) is 0.600. The predicted molar refractivity (Wildman–Crippen MR) is 64.2 cm³/mol. The Morgan fingerprint density at radius 1 is 1.31 bits per heavy atom. The number of aryl methyl sites for hydroxylation is 1. The van der Waals surface area contributed by atoms with E-state index < -0.39 is 9.84 Å². The van der Waals surface area contributed by atoms with Crippen molar-refractivity contribution in [1.82, 2.24) is 9.97 Å². The van der Waals surface area contributed by atoms with E-state index in [0.29, 0.717) is 11.6 Å². The number of aromatic nitrogens is 2. The second kappa shape index (κ2) is 4.78. The number of hydrogen-bond donors (Lipinski definition) is 1. The van der Waals surface area contributed by atoms with E-state index in [4.69, 9.17) is 0 Å². The molecule has 0 aliphatic carbocycles. The SMILES string of the molecule is CCc1c(C)nc(CS(C)(=O)=O)nc1NC. The first-order valence-corrected chi connectivity index (χ1v) is 7.15. The fourth-order valence-electron chi connectivity index (χ4n) is 1.58. The molecule has 0 saturated heterocycles. The zero-order chi connectivity index (χ0) is 12.3. The Kier molecular flexibility index (Phi) is 3.85. The first kappa shape index (κ1) is 12.9. The molecule has 90 valence electrons. The Hall–Kier alpha value is -1.17. The van der Waals surface area contributed by atoms with E-state index in [0.717, 1.165) is 17.7 Å². The smallest absolute Gasteiger partial charge is 0.154 e. The van der Waals surface area contributed by atoms with Gasteiger partial charge >= 0.3 is 0 Å². The predicted octanol–water partition coefficient (Wildman–Crippen LogP) is 0.934. The van der Waals surface area contributed by atoms with E-state index >= 15 is 0 Å². The average Bonchev–Trinajstić information content (AvgIpc) is 2.14. The van der Waals surface area contributed by atoms with E-state index in [-0.39, 0.29) is 5.75 Å². The first-order chi connectivity index (χ1) is 7.37. The van der Waals surface area contributed by atoms with Crippen LogP contribution in [0.25, 0.3) is 0 Å². The minimum Gasteiger partial charge on any atom is -0.373 e. The summed E-state index contributed by atoms with van der Waals surface area (Å²) in [5.41, 5.74) is 1.86. The van der Waals surface area contributed by atoms with Crippen LogP contribution in [0.4, 0.5) is 5.82 Å². The van der Waals surface area contributed by atoms with Crippen molar-refractivity contribution in [3.8, 4) is 0 Å². The van der Waals surface area contributed by atoms with Gasteiger partial charge in [0.2, 0.25) is 0 Å². The molecule has 0 amide bonds. The van der Waals surface area contributed by atoms with Crippen molar-refractivity contribution in [1.29, 1.82) is 0 Å². The summed E-state index contributed by atoms with van der Waals surface area (Å²) in [5.74, 6) is 0.946. The molecule has 1 N–H and O–H groups in total. The van der Waals surface area contributed by atoms with Gasteiger partial charge in [-0.1, -0.05) is 6.92 Å². The van der Waals surface area contributed by atoms with Crippen LogP contribution < -0.4 is 5.32 Å². The molecule has 0 atom stereocenters. The summed E-state index contributed by atoms with van der Waals surface area (Å²) in [7, 11) is -1.32. The Balaban J connectivity index is 3.20. The molecule has 1 aromatic rings. The van der Waals surface area contributed by atoms with Crippen LogP contribution in [0, 0.1) is 6.92 Å². The van der Waals surface area contributed by atoms with Crippen molar-refractivity contribution in [3.63, 3.8) is 0 Å². The molecule has 0 spiro atoms. The van der Waals surface area contributed by atoms with Gasteiger partial charge < -0.3 is 5.32 Å². The van der Waals surface area contributed by atoms with Crippen LogP contribution >= 0.6 is 0 Å². The number of anilines is 1. The minimum atomic E-state index is -3.09. The zero-order valence-corrected chi connectivity index (χ0v) is 10.8. The van der Waals surface area contributed by atoms with Gasteiger partial charge in [-0.05, 0) is 13.3 Å². The highest BCUT2D eigenvalue weighted by Gasteiger charge is 2.12. The van der Waals surface area contributed by atoms with Gasteiger partial charge in [-0.25, -0.2) is 18.4 Å². The monoisotopic (exact) mass is 243 g/mol. The van der Waals surface area contributed by atoms with Crippen LogP contribution in [0.3, 0.4) is 0 Å². The quantitative estimate of drug-likeness (QED) is 0.852. The van der Waals surface area contributed by atoms with Crippen LogP contribution in [0.5, 0.6) is 0 Å². The van der Waals surface area contributed by atoms with Crippen LogP contribution in [-0.4, -0.2) is 31.7 Å². The summed E-state index contributed by atoms with van der Waals surface area (Å²) in [4.78, 5) is 8.41. The molecule has 0 aliphatic heterocycles. The molecule has 0 unspecified atom stereocenters. The molecule has 1 aromatic heterocycles. The standard InChI is InChI=1S/C10H17N3O2S/c1-5-8-7(2)12-9(6-16(4,14)15)13-10(8)11-3/h5-6H2,1-4H3,(H,11,12,13). The average molecular weight is 243 g/mol. The second-order valence-electron chi connectivity index (χ2n) is 3.73. The lowest BCUT2D eigenvalue weighted by Crippen LogP contribution is -2.10. The number of nitrogens with one attached hydrogen (secondary N) is 1. The van der Waals surface area contributed by atoms with Gasteiger partial charge in [0.1, 0.15) is 17.4 Å². The lowest BCUT2D eigenvalue weighted by Gasteiger charge is -2.10. The Morgan fingerprint density at radius 3 is 2.38 bits per heavy atom. The summed E-state index contributed by atoms with van der Waals surface area (Å²) in [6.45, 7) is 3.88. The molecule has 5 nitrogen and oxygen atoms in total. The first-order valence-electron chi connectivity index (χ1n) is 5.09. The fourth-order valence-corrected chi connectivity index (χ4v) is 2.18. The van der Waals surface area contributed by atoms with Gasteiger partial charge in [0.25, 0.3) is 0 Å². The second-order valence-corrected chi connectivity index (χ2v) is 5.87. The minimum absolute atomic E-state index is 0.119. The highest BCUT2D eigenvalue weighted by atomic mass is 32.2. The molecule has 6 heteroatoms. The van der Waals surface area contributed by atoms with Gasteiger partial charge in [-0.15, -0.1) is 0 Å². The normalized spacial score (nSPS) is 11.5. The molecular formula is C10H17N3O2S. The molecule has 0 aromatic carbocycles. The molecule has 0 saturated carbocycles. The van der Waals surface area contributed by atoms with E-state index in [2.05, 4.69) is 15.3 Å². The molecule has 0 aliphatic rings. The van der Waals surface area contributed by atoms with Crippen molar-refractivity contribution in [2.24, 2.45) is 0 Å². The Labute approximate surface area is 96.2 Å². The topological polar surface area (TPSA) is 72.0 Å². The molecule has 0 fully saturated rings. The Morgan fingerprint density at radius 2 is 1.94 bits per heavy atom. The highest BCUT2D eigenvalue weighted by Crippen LogP contribution is 2.17. The summed E-state index contributed by atoms with van der Waals surface area (Å²) < 4.78 is 22.3. The number of hydrogen-bond acceptors (Lipinski definition) is 5. The van der Waals surface area contributed by atoms with Crippen LogP contribution in [-0.2, 0) is 22.0 Å². The summed E-state index contributed by atoms with van der Waals surface area (Å²) in [6.07, 6.45) is 2.00. The van der Waals surface area contributed by atoms with Crippen molar-refractivity contribution >= 4 is 15.7 Å². The maximum Gasteiger partial charge on any atom is 0.154 e. The summed E-state index contributed by atoms with van der Waals surface area (Å²) >= 11 is 0. The number of rotatable bonds is 4. The molecular weight excluding hydrogens is 226 g/mol. The molecule has 0 radical (unpaired) electrons. The van der Waals surface area contributed by atoms with Gasteiger partial charge in [0, 0.05) is 24.6 Å². The Bertz CT molecular complexity index is 483. The lowest BCUT2D eigenvalue weighted by atomic mass is 10.1. The highest BCUT2D eigenvalue weighted by molar-refractivity contribution is 7.89. The third kappa shape index (κ3) is 3.16. The molecule has 1 rings (SSSR count). The van der Waals surface area contributed by atoms with Crippen molar-refractivity contribution in [3.05, 3.63) is 17.1 Å². The molecule has 16 heavy (non-hydrogen) atoms. The van der Waals surface area contributed by atoms with Gasteiger partial charge in [-0.3, -0.25) is 0 Å². The van der Waals surface area contributed by atoms with E-state index in [1.807, 2.05) is 13.8 Å². The summed E-state index contributed by atoms with van der Waals surface area (Å²) in [6, 6.07) is 0. The summed E-state index contributed by atoms with van der Waals surface area (Å²) in [5, 5.41) is 2.97. The zero-order valence-electron chi connectivity index (χ0n) is 10.0. The van der Waals surface area contributed by atoms with Crippen LogP contribution in [0.15, 0.2) is 0 Å². The maximum absolute atomic E-state index is 11.2. The van der Waals surface area contributed by atoms with Crippen molar-refractivity contribution in [2.45, 2.75) is 26.0 Å². The van der Waals surface area contributed by atoms with Crippen LogP contribution in [0.2, 0.25) is 0 Å². The number of nitrogens with zero attached hydrogens (tertiary/aromatic N) is 2. The van der Waals surface area contributed by atoms with E-state index in [1.54, 1.807) is 7.05 Å². The lowest BCUT2D eigenvalue weighted by molar-refractivity contribution is 0.599. The third-order valence-electron chi connectivity index (χ3n) is 2.24. The molecule has 0 bridgehead atoms. The van der Waals surface area contributed by atoms with Crippen molar-refractivity contribution < 1.29 is 8.42 Å². The van der Waals surface area contributed by atoms with E-state index in [9.17, 15) is 8.42 Å². The van der Waals surface area contributed by atoms with Gasteiger partial charge in [0.05, 0.1) is 0 Å². The van der Waals surface area contributed by atoms with Gasteiger partial charge in [0.15, 0.2) is 9.84 Å². The third-order valence-corrected chi connectivity index (χ3v) is 3.02. The molecule has 1 heterocycles. The largest absolute Gasteiger partial charge is 0.373 e. The van der Waals surface area contributed by atoms with Crippen LogP contribution in [0.1, 0.15) is 24.0 Å². The van der Waals surface area contributed by atoms with E-state index in [1.165, 1.54) is 6.26 Å². The number of sulfone groups is 1.